The fourth-order valence-corrected chi connectivity index (χ4v) is 15.8. The van der Waals surface area contributed by atoms with Crippen LogP contribution in [0.15, 0.2) is 60.7 Å². The quantitative estimate of drug-likeness (QED) is 0.595. The molecule has 2 aromatic carbocycles. The van der Waals surface area contributed by atoms with Crippen molar-refractivity contribution in [2.24, 2.45) is 0 Å². The fraction of sp³-hybridized carbons (Fsp3) is 0.263. The summed E-state index contributed by atoms with van der Waals surface area (Å²) < 4.78 is 4.00. The van der Waals surface area contributed by atoms with E-state index in [9.17, 15) is 0 Å². The summed E-state index contributed by atoms with van der Waals surface area (Å²) in [5, 5.41) is 1.38. The molecule has 1 atom stereocenters. The molecule has 0 radical (unpaired) electrons. The molecule has 1 heteroatoms. The van der Waals surface area contributed by atoms with Crippen molar-refractivity contribution >= 4 is 22.1 Å². The van der Waals surface area contributed by atoms with Crippen molar-refractivity contribution in [3.8, 4) is 0 Å². The molecule has 0 spiro atoms. The Labute approximate surface area is 124 Å². The predicted octanol–water partition coefficient (Wildman–Crippen LogP) is 3.83. The zero-order valence-corrected chi connectivity index (χ0v) is 14.7. The minimum absolute atomic E-state index is 0.764. The van der Waals surface area contributed by atoms with Crippen molar-refractivity contribution in [2.45, 2.75) is 30.8 Å². The van der Waals surface area contributed by atoms with Crippen LogP contribution in [0.3, 0.4) is 0 Å². The second-order valence-corrected chi connectivity index (χ2v) is 15.1. The third kappa shape index (κ3) is 2.16. The maximum absolute atomic E-state index is 4.25. The summed E-state index contributed by atoms with van der Waals surface area (Å²) >= 11 is -2.14. The van der Waals surface area contributed by atoms with Crippen LogP contribution in [-0.4, -0.2) is 13.3 Å². The van der Waals surface area contributed by atoms with Crippen molar-refractivity contribution in [3.05, 3.63) is 71.8 Å². The van der Waals surface area contributed by atoms with Gasteiger partial charge in [0.05, 0.1) is 0 Å². The van der Waals surface area contributed by atoms with Crippen LogP contribution in [0.25, 0.3) is 0 Å². The van der Waals surface area contributed by atoms with E-state index in [2.05, 4.69) is 75.9 Å². The summed E-state index contributed by atoms with van der Waals surface area (Å²) in [6, 6.07) is 18.6. The zero-order valence-electron chi connectivity index (χ0n) is 12.6. The van der Waals surface area contributed by atoms with Gasteiger partial charge in [-0.1, -0.05) is 0 Å². The Morgan fingerprint density at radius 3 is 1.60 bits per heavy atom. The van der Waals surface area contributed by atoms with E-state index < -0.39 is 13.3 Å². The zero-order chi connectivity index (χ0) is 14.3. The standard InChI is InChI=1S/C19H22Ge/c1-14(2)19-13-20(19,17-9-5-15(3)6-10-17)18-11-7-16(4)8-12-18/h5-12,19H,1,13H2,2-4H3. The first kappa shape index (κ1) is 13.7. The Morgan fingerprint density at radius 1 is 0.900 bits per heavy atom. The van der Waals surface area contributed by atoms with Crippen molar-refractivity contribution in [2.75, 3.05) is 0 Å². The van der Waals surface area contributed by atoms with Crippen LogP contribution in [0.2, 0.25) is 10.0 Å². The topological polar surface area (TPSA) is 0 Å². The van der Waals surface area contributed by atoms with Gasteiger partial charge in [0.2, 0.25) is 0 Å². The molecular weight excluding hydrogens is 301 g/mol. The Kier molecular flexibility index (Phi) is 3.37. The van der Waals surface area contributed by atoms with Gasteiger partial charge in [-0.2, -0.15) is 0 Å². The number of hydrogen-bond donors (Lipinski definition) is 0. The van der Waals surface area contributed by atoms with Gasteiger partial charge in [0.25, 0.3) is 0 Å². The van der Waals surface area contributed by atoms with E-state index in [1.54, 1.807) is 8.79 Å². The third-order valence-corrected chi connectivity index (χ3v) is 15.5. The van der Waals surface area contributed by atoms with Crippen molar-refractivity contribution in [1.82, 2.24) is 0 Å². The van der Waals surface area contributed by atoms with Gasteiger partial charge in [-0.3, -0.25) is 0 Å². The molecule has 1 unspecified atom stereocenters. The molecule has 20 heavy (non-hydrogen) atoms. The SMILES string of the molecule is C=C(C)[CH]1[CH2][Ge]1([c]1ccc(C)cc1)[c]1ccc(C)cc1. The summed E-state index contributed by atoms with van der Waals surface area (Å²) in [6.07, 6.45) is 0. The summed E-state index contributed by atoms with van der Waals surface area (Å²) in [5.74, 6) is 0. The minimum atomic E-state index is -2.14. The summed E-state index contributed by atoms with van der Waals surface area (Å²) in [4.78, 5) is 0. The van der Waals surface area contributed by atoms with E-state index in [4.69, 9.17) is 0 Å². The van der Waals surface area contributed by atoms with Gasteiger partial charge in [-0.15, -0.1) is 0 Å². The number of allylic oxidation sites excluding steroid dienone is 1. The monoisotopic (exact) mass is 324 g/mol. The first-order valence-corrected chi connectivity index (χ1v) is 12.1. The van der Waals surface area contributed by atoms with Crippen LogP contribution in [0, 0.1) is 13.8 Å². The average Bonchev–Trinajstić information content (AvgIpc) is 3.17. The van der Waals surface area contributed by atoms with Gasteiger partial charge in [-0.25, -0.2) is 0 Å². The molecular formula is C19H22Ge. The van der Waals surface area contributed by atoms with E-state index in [-0.39, 0.29) is 0 Å². The van der Waals surface area contributed by atoms with Crippen LogP contribution < -0.4 is 8.79 Å². The molecule has 1 fully saturated rings. The van der Waals surface area contributed by atoms with Crippen molar-refractivity contribution < 1.29 is 0 Å². The van der Waals surface area contributed by atoms with Crippen LogP contribution in [0.5, 0.6) is 0 Å². The molecule has 3 rings (SSSR count). The third-order valence-electron chi connectivity index (χ3n) is 4.69. The Morgan fingerprint density at radius 2 is 1.30 bits per heavy atom. The van der Waals surface area contributed by atoms with Crippen LogP contribution in [0.1, 0.15) is 18.1 Å². The first-order chi connectivity index (χ1) is 9.54. The maximum atomic E-state index is 4.25. The summed E-state index contributed by atoms with van der Waals surface area (Å²) in [7, 11) is 0. The number of aryl methyl sites for hydroxylation is 2. The Bertz CT molecular complexity index is 589. The number of hydrogen-bond acceptors (Lipinski definition) is 0. The second kappa shape index (κ2) is 4.93. The molecule has 1 aliphatic heterocycles. The van der Waals surface area contributed by atoms with E-state index in [1.165, 1.54) is 22.0 Å². The predicted molar refractivity (Wildman–Crippen MR) is 90.8 cm³/mol. The van der Waals surface area contributed by atoms with E-state index >= 15 is 0 Å². The normalized spacial score (nSPS) is 19.6. The average molecular weight is 323 g/mol. The molecule has 0 aliphatic carbocycles. The van der Waals surface area contributed by atoms with Crippen molar-refractivity contribution in [1.29, 1.82) is 0 Å². The molecule has 0 amide bonds. The Hall–Kier alpha value is -1.28. The van der Waals surface area contributed by atoms with Gasteiger partial charge in [-0.05, 0) is 0 Å². The molecule has 0 aromatic heterocycles. The molecule has 0 bridgehead atoms. The molecule has 1 heterocycles. The second-order valence-electron chi connectivity index (χ2n) is 6.31. The van der Waals surface area contributed by atoms with E-state index in [1.807, 2.05) is 0 Å². The van der Waals surface area contributed by atoms with Gasteiger partial charge in [0.15, 0.2) is 0 Å². The molecule has 1 aliphatic rings. The number of benzene rings is 2. The summed E-state index contributed by atoms with van der Waals surface area (Å²) in [5.41, 5.74) is 4.08. The molecule has 0 N–H and O–H groups in total. The van der Waals surface area contributed by atoms with Gasteiger partial charge < -0.3 is 0 Å². The van der Waals surface area contributed by atoms with Crippen LogP contribution in [-0.2, 0) is 0 Å². The van der Waals surface area contributed by atoms with Gasteiger partial charge in [0.1, 0.15) is 0 Å². The molecule has 0 nitrogen and oxygen atoms in total. The van der Waals surface area contributed by atoms with E-state index in [0.29, 0.717) is 0 Å². The molecule has 2 aromatic rings. The van der Waals surface area contributed by atoms with Gasteiger partial charge in [0, 0.05) is 0 Å². The van der Waals surface area contributed by atoms with Crippen molar-refractivity contribution in [3.63, 3.8) is 0 Å². The van der Waals surface area contributed by atoms with Crippen LogP contribution in [0.4, 0.5) is 0 Å². The first-order valence-electron chi connectivity index (χ1n) is 7.34. The number of rotatable bonds is 3. The summed E-state index contributed by atoms with van der Waals surface area (Å²) in [6.45, 7) is 10.8. The molecule has 0 saturated carbocycles. The van der Waals surface area contributed by atoms with Crippen LogP contribution >= 0.6 is 0 Å². The Balaban J connectivity index is 2.09. The fourth-order valence-electron chi connectivity index (χ4n) is 3.36. The molecule has 1 saturated heterocycles. The molecule has 102 valence electrons. The van der Waals surface area contributed by atoms with Gasteiger partial charge >= 0.3 is 125 Å². The van der Waals surface area contributed by atoms with E-state index in [0.717, 1.165) is 4.75 Å².